The summed E-state index contributed by atoms with van der Waals surface area (Å²) in [5.41, 5.74) is 13.4. The summed E-state index contributed by atoms with van der Waals surface area (Å²) in [6.45, 7) is 3.13. The Morgan fingerprint density at radius 2 is 0.719 bits per heavy atom. The number of ether oxygens (including phenoxy) is 1. The van der Waals surface area contributed by atoms with Crippen molar-refractivity contribution in [3.05, 3.63) is 89.5 Å². The molecule has 0 bridgehead atoms. The van der Waals surface area contributed by atoms with E-state index in [1.54, 1.807) is 60.7 Å². The second kappa shape index (κ2) is 35.8. The van der Waals surface area contributed by atoms with E-state index < -0.39 is 0 Å². The maximum absolute atomic E-state index is 11.9. The van der Waals surface area contributed by atoms with E-state index in [0.29, 0.717) is 25.9 Å². The number of esters is 1. The van der Waals surface area contributed by atoms with E-state index in [1.807, 2.05) is 0 Å². The fraction of sp³-hybridized carbons (Fsp3) is 0.543. The molecule has 0 aliphatic carbocycles. The number of rotatable bonds is 26. The Hall–Kier alpha value is -4.61. The first-order valence-electron chi connectivity index (χ1n) is 20.5. The maximum Gasteiger partial charge on any atom is 0.309 e. The van der Waals surface area contributed by atoms with Crippen molar-refractivity contribution in [2.75, 3.05) is 33.3 Å². The molecule has 320 valence electrons. The van der Waals surface area contributed by atoms with Gasteiger partial charge in [-0.2, -0.15) is 0 Å². The number of carbonyl (C=O) groups excluding carboxylic acids is 3. The Morgan fingerprint density at radius 1 is 0.456 bits per heavy atom. The Morgan fingerprint density at radius 3 is 1.00 bits per heavy atom. The number of amides is 2. The van der Waals surface area contributed by atoms with Gasteiger partial charge in [-0.05, 0) is 91.9 Å². The van der Waals surface area contributed by atoms with Gasteiger partial charge in [-0.15, -0.1) is 0 Å². The summed E-state index contributed by atoms with van der Waals surface area (Å²) < 4.78 is 4.48. The smallest absolute Gasteiger partial charge is 0.309 e. The topological polar surface area (TPSA) is 197 Å². The largest absolute Gasteiger partial charge is 0.508 e. The number of carbonyl (C=O) groups is 3. The number of hydrogen-bond acceptors (Lipinski definition) is 9. The zero-order chi connectivity index (χ0) is 41.1. The molecule has 0 radical (unpaired) electrons. The highest BCUT2D eigenvalue weighted by atomic mass is 16.5. The van der Waals surface area contributed by atoms with E-state index in [2.05, 4.69) is 15.4 Å². The number of phenols is 3. The van der Waals surface area contributed by atoms with Gasteiger partial charge in [-0.1, -0.05) is 121 Å². The molecular weight excluding hydrogens is 721 g/mol. The molecule has 3 rings (SSSR count). The van der Waals surface area contributed by atoms with Crippen molar-refractivity contribution in [1.29, 1.82) is 0 Å². The summed E-state index contributed by atoms with van der Waals surface area (Å²) in [7, 11) is 1.35. The van der Waals surface area contributed by atoms with Gasteiger partial charge < -0.3 is 42.2 Å². The van der Waals surface area contributed by atoms with E-state index in [1.165, 1.54) is 96.3 Å². The lowest BCUT2D eigenvalue weighted by Crippen LogP contribution is -2.26. The Kier molecular flexibility index (Phi) is 32.9. The summed E-state index contributed by atoms with van der Waals surface area (Å²) in [5, 5.41) is 33.3. The first kappa shape index (κ1) is 52.4. The second-order valence-corrected chi connectivity index (χ2v) is 14.0. The molecule has 0 unspecified atom stereocenters. The lowest BCUT2D eigenvalue weighted by Gasteiger charge is -2.07. The van der Waals surface area contributed by atoms with Crippen LogP contribution in [0.4, 0.5) is 0 Å². The summed E-state index contributed by atoms with van der Waals surface area (Å²) >= 11 is 0. The average molecular weight is 795 g/mol. The molecule has 3 aromatic rings. The molecule has 0 aliphatic rings. The van der Waals surface area contributed by atoms with Gasteiger partial charge in [0.05, 0.1) is 26.4 Å². The first-order valence-corrected chi connectivity index (χ1v) is 20.5. The molecule has 3 aromatic carbocycles. The van der Waals surface area contributed by atoms with Crippen molar-refractivity contribution in [1.82, 2.24) is 10.6 Å². The fourth-order valence-corrected chi connectivity index (χ4v) is 5.69. The Bertz CT molecular complexity index is 1340. The molecule has 0 heterocycles. The molecule has 11 nitrogen and oxygen atoms in total. The number of aromatic hydroxyl groups is 3. The van der Waals surface area contributed by atoms with E-state index in [0.717, 1.165) is 55.5 Å². The highest BCUT2D eigenvalue weighted by molar-refractivity contribution is 5.79. The fourth-order valence-electron chi connectivity index (χ4n) is 5.69. The SMILES string of the molecule is C.COC(=O)Cc1ccc(O)cc1.NCCCCCCCCCCN.O=C(Cc1ccc(O)cc1)NCCCCCCCCCCNC(=O)Cc1ccc(O)cc1. The van der Waals surface area contributed by atoms with Gasteiger partial charge >= 0.3 is 5.97 Å². The molecule has 0 aliphatic heterocycles. The van der Waals surface area contributed by atoms with Crippen LogP contribution in [0.2, 0.25) is 0 Å². The molecule has 11 heteroatoms. The summed E-state index contributed by atoms with van der Waals surface area (Å²) in [4.78, 5) is 34.6. The van der Waals surface area contributed by atoms with Gasteiger partial charge in [0.15, 0.2) is 0 Å². The van der Waals surface area contributed by atoms with Crippen LogP contribution in [0.5, 0.6) is 17.2 Å². The molecule has 0 aromatic heterocycles. The predicted molar refractivity (Wildman–Crippen MR) is 232 cm³/mol. The number of phenolic OH excluding ortho intramolecular Hbond substituents is 3. The Labute approximate surface area is 343 Å². The lowest BCUT2D eigenvalue weighted by atomic mass is 10.1. The van der Waals surface area contributed by atoms with Gasteiger partial charge in [-0.25, -0.2) is 0 Å². The lowest BCUT2D eigenvalue weighted by molar-refractivity contribution is -0.139. The summed E-state index contributed by atoms with van der Waals surface area (Å²) in [6, 6.07) is 19.9. The molecule has 0 saturated carbocycles. The first-order chi connectivity index (χ1) is 27.2. The molecule has 0 atom stereocenters. The summed E-state index contributed by atoms with van der Waals surface area (Å²) in [5.74, 6) is 0.381. The molecular formula is C46H74N4O7. The molecule has 0 spiro atoms. The molecule has 9 N–H and O–H groups in total. The Balaban J connectivity index is 0.00000103. The van der Waals surface area contributed by atoms with E-state index in [-0.39, 0.29) is 48.9 Å². The predicted octanol–water partition coefficient (Wildman–Crippen LogP) is 8.00. The van der Waals surface area contributed by atoms with Crippen LogP contribution in [0.15, 0.2) is 72.8 Å². The van der Waals surface area contributed by atoms with Crippen molar-refractivity contribution in [2.45, 2.75) is 129 Å². The normalized spacial score (nSPS) is 10.2. The van der Waals surface area contributed by atoms with Gasteiger partial charge in [0.2, 0.25) is 11.8 Å². The van der Waals surface area contributed by atoms with Crippen LogP contribution < -0.4 is 22.1 Å². The zero-order valence-corrected chi connectivity index (χ0v) is 33.8. The van der Waals surface area contributed by atoms with Gasteiger partial charge in [0.1, 0.15) is 17.2 Å². The highest BCUT2D eigenvalue weighted by Gasteiger charge is 2.05. The molecule has 57 heavy (non-hydrogen) atoms. The van der Waals surface area contributed by atoms with Crippen molar-refractivity contribution >= 4 is 17.8 Å². The quantitative estimate of drug-likeness (QED) is 0.0311. The third-order valence-corrected chi connectivity index (χ3v) is 9.02. The van der Waals surface area contributed by atoms with Crippen molar-refractivity contribution in [3.63, 3.8) is 0 Å². The van der Waals surface area contributed by atoms with E-state index in [4.69, 9.17) is 16.6 Å². The van der Waals surface area contributed by atoms with Crippen molar-refractivity contribution < 1.29 is 34.4 Å². The van der Waals surface area contributed by atoms with Crippen LogP contribution in [0.3, 0.4) is 0 Å². The third kappa shape index (κ3) is 31.2. The van der Waals surface area contributed by atoms with E-state index in [9.17, 15) is 24.6 Å². The standard InChI is InChI=1S/C26H36N2O4.C10H24N2.C9H10O3.CH4/c29-23-13-9-21(10-14-23)19-25(31)27-17-7-5-3-1-2-4-6-8-18-28-26(32)20-22-11-15-24(30)16-12-22;11-9-7-5-3-1-2-4-6-8-10-12;1-12-9(11)6-7-2-4-8(10)5-3-7;/h9-16,29-30H,1-8,17-20H2,(H,27,31)(H,28,32);1-12H2;2-5,10H,6H2,1H3;1H4. The minimum atomic E-state index is -0.277. The second-order valence-electron chi connectivity index (χ2n) is 14.0. The molecule has 0 saturated heterocycles. The van der Waals surface area contributed by atoms with Crippen LogP contribution in [-0.2, 0) is 38.4 Å². The molecule has 2 amide bonds. The van der Waals surface area contributed by atoms with E-state index >= 15 is 0 Å². The van der Waals surface area contributed by atoms with Crippen LogP contribution in [0.25, 0.3) is 0 Å². The van der Waals surface area contributed by atoms with Gasteiger partial charge in [-0.3, -0.25) is 14.4 Å². The van der Waals surface area contributed by atoms with Gasteiger partial charge in [0, 0.05) is 13.1 Å². The van der Waals surface area contributed by atoms with Crippen molar-refractivity contribution in [3.8, 4) is 17.2 Å². The third-order valence-electron chi connectivity index (χ3n) is 9.02. The highest BCUT2D eigenvalue weighted by Crippen LogP contribution is 2.13. The number of nitrogens with two attached hydrogens (primary N) is 2. The minimum Gasteiger partial charge on any atom is -0.508 e. The van der Waals surface area contributed by atoms with Gasteiger partial charge in [0.25, 0.3) is 0 Å². The average Bonchev–Trinajstić information content (AvgIpc) is 3.19. The van der Waals surface area contributed by atoms with Crippen LogP contribution >= 0.6 is 0 Å². The maximum atomic E-state index is 11.9. The number of hydrogen-bond donors (Lipinski definition) is 7. The summed E-state index contributed by atoms with van der Waals surface area (Å²) in [6.07, 6.45) is 20.4. The van der Waals surface area contributed by atoms with Crippen LogP contribution in [0, 0.1) is 0 Å². The minimum absolute atomic E-state index is 0. The number of benzene rings is 3. The number of methoxy groups -OCH3 is 1. The van der Waals surface area contributed by atoms with Crippen LogP contribution in [0.1, 0.15) is 127 Å². The van der Waals surface area contributed by atoms with Crippen molar-refractivity contribution in [2.24, 2.45) is 11.5 Å². The van der Waals surface area contributed by atoms with Crippen LogP contribution in [-0.4, -0.2) is 66.4 Å². The monoisotopic (exact) mass is 795 g/mol. The molecule has 0 fully saturated rings. The number of unbranched alkanes of at least 4 members (excludes halogenated alkanes) is 14. The zero-order valence-electron chi connectivity index (χ0n) is 33.8. The number of nitrogens with one attached hydrogen (secondary N) is 2.